The number of nitrogens with one attached hydrogen (secondary N) is 1. The molecule has 5 aromatic rings. The lowest BCUT2D eigenvalue weighted by molar-refractivity contribution is 0.102. The fraction of sp³-hybridized carbons (Fsp3) is 0.179. The van der Waals surface area contributed by atoms with Crippen LogP contribution >= 0.6 is 0 Å². The highest BCUT2D eigenvalue weighted by Crippen LogP contribution is 2.37. The van der Waals surface area contributed by atoms with Gasteiger partial charge in [-0.25, -0.2) is 9.97 Å². The summed E-state index contributed by atoms with van der Waals surface area (Å²) < 4.78 is 3.86. The van der Waals surface area contributed by atoms with Crippen LogP contribution in [0.1, 0.15) is 41.2 Å². The summed E-state index contributed by atoms with van der Waals surface area (Å²) in [6.07, 6.45) is 3.48. The van der Waals surface area contributed by atoms with E-state index in [9.17, 15) is 9.90 Å². The highest BCUT2D eigenvalue weighted by Gasteiger charge is 2.38. The Hall–Kier alpha value is -4.23. The molecule has 0 fully saturated rings. The second-order valence-electron chi connectivity index (χ2n) is 8.37. The van der Waals surface area contributed by atoms with E-state index < -0.39 is 5.60 Å². The lowest BCUT2D eigenvalue weighted by Gasteiger charge is -2.29. The summed E-state index contributed by atoms with van der Waals surface area (Å²) in [5.74, 6) is 0.760. The van der Waals surface area contributed by atoms with E-state index in [-0.39, 0.29) is 5.91 Å². The van der Waals surface area contributed by atoms with Gasteiger partial charge in [0.2, 0.25) is 0 Å². The van der Waals surface area contributed by atoms with Gasteiger partial charge < -0.3 is 19.6 Å². The number of imidazole rings is 2. The second kappa shape index (κ2) is 9.19. The van der Waals surface area contributed by atoms with E-state index in [4.69, 9.17) is 4.98 Å². The van der Waals surface area contributed by atoms with Crippen molar-refractivity contribution in [1.29, 1.82) is 0 Å². The molecule has 3 aromatic carbocycles. The first-order valence-electron chi connectivity index (χ1n) is 11.7. The molecule has 2 N–H and O–H groups in total. The van der Waals surface area contributed by atoms with Crippen LogP contribution < -0.4 is 5.32 Å². The van der Waals surface area contributed by atoms with Gasteiger partial charge in [-0.05, 0) is 43.2 Å². The zero-order valence-electron chi connectivity index (χ0n) is 19.7. The van der Waals surface area contributed by atoms with Crippen molar-refractivity contribution in [3.63, 3.8) is 0 Å². The third-order valence-electron chi connectivity index (χ3n) is 6.27. The van der Waals surface area contributed by atoms with Crippen LogP contribution in [0.25, 0.3) is 11.0 Å². The van der Waals surface area contributed by atoms with E-state index in [0.717, 1.165) is 23.2 Å². The van der Waals surface area contributed by atoms with E-state index in [0.29, 0.717) is 29.3 Å². The summed E-state index contributed by atoms with van der Waals surface area (Å²) in [6, 6.07) is 24.5. The Labute approximate surface area is 203 Å². The van der Waals surface area contributed by atoms with Crippen molar-refractivity contribution in [2.45, 2.75) is 32.5 Å². The second-order valence-corrected chi connectivity index (χ2v) is 8.37. The van der Waals surface area contributed by atoms with Gasteiger partial charge in [-0.1, -0.05) is 60.7 Å². The number of fused-ring (bicyclic) bond motifs is 1. The van der Waals surface area contributed by atoms with Crippen molar-refractivity contribution >= 4 is 22.8 Å². The van der Waals surface area contributed by atoms with E-state index >= 15 is 0 Å². The van der Waals surface area contributed by atoms with Gasteiger partial charge in [0.1, 0.15) is 0 Å². The molecule has 0 bridgehead atoms. The average Bonchev–Trinajstić information content (AvgIpc) is 3.53. The Balaban J connectivity index is 1.62. The van der Waals surface area contributed by atoms with Gasteiger partial charge in [-0.15, -0.1) is 0 Å². The standard InChI is InChI=1S/C28H27N5O2/c1-3-32-18-25(29-19-32)31-26(34)20-15-16-23-24(17-20)33(4-2)27(30-23)28(35,21-11-7-5-8-12-21)22-13-9-6-10-14-22/h5-19,35H,3-4H2,1-2H3,(H,31,34). The zero-order valence-corrected chi connectivity index (χ0v) is 19.7. The lowest BCUT2D eigenvalue weighted by Crippen LogP contribution is -2.32. The van der Waals surface area contributed by atoms with Crippen molar-refractivity contribution in [1.82, 2.24) is 19.1 Å². The number of carbonyl (C=O) groups excluding carboxylic acids is 1. The Kier molecular flexibility index (Phi) is 5.93. The minimum atomic E-state index is -1.47. The van der Waals surface area contributed by atoms with Gasteiger partial charge in [0.05, 0.1) is 17.4 Å². The molecule has 0 unspecified atom stereocenters. The number of anilines is 1. The van der Waals surface area contributed by atoms with Crippen molar-refractivity contribution in [3.05, 3.63) is 114 Å². The highest BCUT2D eigenvalue weighted by atomic mass is 16.3. The van der Waals surface area contributed by atoms with E-state index in [1.165, 1.54) is 0 Å². The summed E-state index contributed by atoms with van der Waals surface area (Å²) in [6.45, 7) is 5.36. The summed E-state index contributed by atoms with van der Waals surface area (Å²) in [4.78, 5) is 22.1. The largest absolute Gasteiger partial charge is 0.373 e. The molecule has 0 aliphatic carbocycles. The molecule has 7 heteroatoms. The number of aryl methyl sites for hydroxylation is 2. The molecule has 5 rings (SSSR count). The van der Waals surface area contributed by atoms with Crippen molar-refractivity contribution in [2.75, 3.05) is 5.32 Å². The number of hydrogen-bond acceptors (Lipinski definition) is 4. The molecule has 0 aliphatic heterocycles. The van der Waals surface area contributed by atoms with Crippen LogP contribution in [-0.2, 0) is 18.7 Å². The number of nitrogens with zero attached hydrogens (tertiary/aromatic N) is 4. The van der Waals surface area contributed by atoms with Crippen LogP contribution in [0.3, 0.4) is 0 Å². The minimum absolute atomic E-state index is 0.250. The summed E-state index contributed by atoms with van der Waals surface area (Å²) >= 11 is 0. The topological polar surface area (TPSA) is 85.0 Å². The Morgan fingerprint density at radius 1 is 0.943 bits per heavy atom. The number of rotatable bonds is 7. The fourth-order valence-corrected chi connectivity index (χ4v) is 4.43. The van der Waals surface area contributed by atoms with E-state index in [1.54, 1.807) is 18.6 Å². The zero-order chi connectivity index (χ0) is 24.4. The van der Waals surface area contributed by atoms with Gasteiger partial charge in [0.15, 0.2) is 17.2 Å². The monoisotopic (exact) mass is 465 g/mol. The molecule has 7 nitrogen and oxygen atoms in total. The Bertz CT molecular complexity index is 1430. The summed E-state index contributed by atoms with van der Waals surface area (Å²) in [5.41, 5.74) is 1.96. The number of amides is 1. The smallest absolute Gasteiger partial charge is 0.256 e. The Morgan fingerprint density at radius 3 is 2.17 bits per heavy atom. The minimum Gasteiger partial charge on any atom is -0.373 e. The first-order valence-corrected chi connectivity index (χ1v) is 11.7. The van der Waals surface area contributed by atoms with Crippen LogP contribution in [0.4, 0.5) is 5.82 Å². The van der Waals surface area contributed by atoms with Gasteiger partial charge in [-0.3, -0.25) is 4.79 Å². The molecule has 0 radical (unpaired) electrons. The number of aromatic nitrogens is 4. The predicted molar refractivity (Wildman–Crippen MR) is 136 cm³/mol. The van der Waals surface area contributed by atoms with Crippen molar-refractivity contribution in [2.24, 2.45) is 0 Å². The summed E-state index contributed by atoms with van der Waals surface area (Å²) in [5, 5.41) is 15.1. The normalized spacial score (nSPS) is 11.6. The van der Waals surface area contributed by atoms with Gasteiger partial charge >= 0.3 is 0 Å². The molecule has 1 amide bonds. The molecule has 0 atom stereocenters. The molecule has 0 spiro atoms. The molecule has 176 valence electrons. The molecule has 2 aromatic heterocycles. The number of carbonyl (C=O) groups is 1. The summed E-state index contributed by atoms with van der Waals surface area (Å²) in [7, 11) is 0. The molecule has 0 saturated carbocycles. The van der Waals surface area contributed by atoms with E-state index in [1.807, 2.05) is 95.8 Å². The molecule has 2 heterocycles. The van der Waals surface area contributed by atoms with Crippen molar-refractivity contribution in [3.8, 4) is 0 Å². The average molecular weight is 466 g/mol. The van der Waals surface area contributed by atoms with Crippen LogP contribution in [0.5, 0.6) is 0 Å². The number of hydrogen-bond donors (Lipinski definition) is 2. The lowest BCUT2D eigenvalue weighted by atomic mass is 9.85. The van der Waals surface area contributed by atoms with Gasteiger partial charge in [0.25, 0.3) is 5.91 Å². The Morgan fingerprint density at radius 2 is 1.60 bits per heavy atom. The number of aliphatic hydroxyl groups is 1. The maximum atomic E-state index is 13.0. The quantitative estimate of drug-likeness (QED) is 0.361. The van der Waals surface area contributed by atoms with Crippen LogP contribution in [0.2, 0.25) is 0 Å². The SMILES string of the molecule is CCn1cnc(NC(=O)c2ccc3nc(C(O)(c4ccccc4)c4ccccc4)n(CC)c3c2)c1. The fourth-order valence-electron chi connectivity index (χ4n) is 4.43. The van der Waals surface area contributed by atoms with Crippen LogP contribution in [-0.4, -0.2) is 30.1 Å². The number of benzene rings is 3. The maximum Gasteiger partial charge on any atom is 0.256 e. The van der Waals surface area contributed by atoms with Gasteiger partial charge in [0, 0.05) is 24.8 Å². The first-order chi connectivity index (χ1) is 17.0. The first kappa shape index (κ1) is 22.6. The molecule has 0 saturated heterocycles. The molecular weight excluding hydrogens is 438 g/mol. The predicted octanol–water partition coefficient (Wildman–Crippen LogP) is 4.81. The van der Waals surface area contributed by atoms with Gasteiger partial charge in [-0.2, -0.15) is 0 Å². The third-order valence-corrected chi connectivity index (χ3v) is 6.27. The van der Waals surface area contributed by atoms with Crippen LogP contribution in [0.15, 0.2) is 91.4 Å². The highest BCUT2D eigenvalue weighted by molar-refractivity contribution is 6.05. The van der Waals surface area contributed by atoms with E-state index in [2.05, 4.69) is 10.3 Å². The maximum absolute atomic E-state index is 13.0. The molecule has 35 heavy (non-hydrogen) atoms. The van der Waals surface area contributed by atoms with Crippen molar-refractivity contribution < 1.29 is 9.90 Å². The molecule has 0 aliphatic rings. The molecular formula is C28H27N5O2. The third kappa shape index (κ3) is 4.00. The van der Waals surface area contributed by atoms with Crippen LogP contribution in [0, 0.1) is 0 Å².